The molecule has 3 heterocycles. The van der Waals surface area contributed by atoms with Crippen LogP contribution in [0.2, 0.25) is 0 Å². The van der Waals surface area contributed by atoms with E-state index in [1.165, 1.54) is 0 Å². The van der Waals surface area contributed by atoms with Gasteiger partial charge < -0.3 is 19.0 Å². The molecule has 1 saturated heterocycles. The Labute approximate surface area is 151 Å². The predicted molar refractivity (Wildman–Crippen MR) is 94.9 cm³/mol. The van der Waals surface area contributed by atoms with Crippen molar-refractivity contribution in [1.82, 2.24) is 0 Å². The minimum atomic E-state index is -0.921. The second-order valence-electron chi connectivity index (χ2n) is 6.65. The molecule has 0 bridgehead atoms. The van der Waals surface area contributed by atoms with Crippen molar-refractivity contribution in [2.75, 3.05) is 0 Å². The third-order valence-corrected chi connectivity index (χ3v) is 5.46. The molecule has 0 aliphatic carbocycles. The average molecular weight is 346 g/mol. The van der Waals surface area contributed by atoms with Gasteiger partial charge in [-0.15, -0.1) is 0 Å². The van der Waals surface area contributed by atoms with E-state index in [0.717, 1.165) is 11.1 Å². The van der Waals surface area contributed by atoms with Crippen molar-refractivity contribution in [3.63, 3.8) is 0 Å². The van der Waals surface area contributed by atoms with Gasteiger partial charge in [0.2, 0.25) is 6.29 Å². The van der Waals surface area contributed by atoms with E-state index in [4.69, 9.17) is 13.9 Å². The van der Waals surface area contributed by atoms with Gasteiger partial charge in [-0.1, -0.05) is 60.7 Å². The summed E-state index contributed by atoms with van der Waals surface area (Å²) in [6.07, 6.45) is 3.59. The molecule has 0 saturated carbocycles. The van der Waals surface area contributed by atoms with E-state index in [0.29, 0.717) is 5.76 Å². The molecule has 1 fully saturated rings. The van der Waals surface area contributed by atoms with Crippen molar-refractivity contribution in [2.45, 2.75) is 18.0 Å². The number of benzene rings is 2. The van der Waals surface area contributed by atoms with Crippen LogP contribution in [0.25, 0.3) is 0 Å². The van der Waals surface area contributed by atoms with Crippen LogP contribution in [0.4, 0.5) is 0 Å². The Morgan fingerprint density at radius 2 is 1.50 bits per heavy atom. The Bertz CT molecular complexity index is 878. The number of hydrogen-bond donors (Lipinski definition) is 1. The first-order valence-corrected chi connectivity index (χ1v) is 8.62. The zero-order chi connectivity index (χ0) is 17.6. The van der Waals surface area contributed by atoms with Crippen LogP contribution in [0.3, 0.4) is 0 Å². The number of aliphatic hydroxyl groups excluding tert-OH is 1. The molecule has 1 N–H and O–H groups in total. The number of fused-ring (bicyclic) bond motifs is 1. The third kappa shape index (κ3) is 1.80. The SMILES string of the molecule is OC(c1ccco1)C12C=COC1OC2(c1ccccc1)c1ccccc1. The van der Waals surface area contributed by atoms with E-state index in [1.807, 2.05) is 66.7 Å². The number of furan rings is 1. The van der Waals surface area contributed by atoms with Gasteiger partial charge >= 0.3 is 0 Å². The van der Waals surface area contributed by atoms with Crippen LogP contribution in [0.1, 0.15) is 23.0 Å². The van der Waals surface area contributed by atoms with Crippen molar-refractivity contribution in [3.8, 4) is 0 Å². The maximum Gasteiger partial charge on any atom is 0.216 e. The zero-order valence-corrected chi connectivity index (χ0v) is 14.0. The molecule has 1 aromatic heterocycles. The second-order valence-corrected chi connectivity index (χ2v) is 6.65. The van der Waals surface area contributed by atoms with Gasteiger partial charge in [-0.2, -0.15) is 0 Å². The van der Waals surface area contributed by atoms with Gasteiger partial charge in [0.1, 0.15) is 22.9 Å². The van der Waals surface area contributed by atoms with Crippen molar-refractivity contribution < 1.29 is 19.0 Å². The molecule has 0 spiro atoms. The summed E-state index contributed by atoms with van der Waals surface area (Å²) in [5.74, 6) is 0.490. The van der Waals surface area contributed by atoms with Crippen LogP contribution in [-0.2, 0) is 15.1 Å². The molecule has 4 nitrogen and oxygen atoms in total. The van der Waals surface area contributed by atoms with E-state index in [1.54, 1.807) is 24.7 Å². The third-order valence-electron chi connectivity index (χ3n) is 5.46. The fourth-order valence-corrected chi connectivity index (χ4v) is 4.27. The van der Waals surface area contributed by atoms with E-state index >= 15 is 0 Å². The summed E-state index contributed by atoms with van der Waals surface area (Å²) in [6, 6.07) is 23.5. The molecule has 4 heteroatoms. The maximum atomic E-state index is 11.3. The van der Waals surface area contributed by atoms with Gasteiger partial charge in [-0.05, 0) is 29.3 Å². The van der Waals surface area contributed by atoms with Gasteiger partial charge in [0.25, 0.3) is 0 Å². The highest BCUT2D eigenvalue weighted by Gasteiger charge is 2.74. The number of rotatable bonds is 4. The highest BCUT2D eigenvalue weighted by Crippen LogP contribution is 2.68. The first-order valence-electron chi connectivity index (χ1n) is 8.62. The van der Waals surface area contributed by atoms with E-state index in [2.05, 4.69) is 0 Å². The van der Waals surface area contributed by atoms with Crippen molar-refractivity contribution >= 4 is 0 Å². The van der Waals surface area contributed by atoms with Crippen molar-refractivity contribution in [2.24, 2.45) is 5.41 Å². The molecule has 2 aromatic carbocycles. The smallest absolute Gasteiger partial charge is 0.216 e. The van der Waals surface area contributed by atoms with Gasteiger partial charge in [-0.25, -0.2) is 0 Å². The summed E-state index contributed by atoms with van der Waals surface area (Å²) in [4.78, 5) is 0. The minimum Gasteiger partial charge on any atom is -0.472 e. The topological polar surface area (TPSA) is 51.8 Å². The van der Waals surface area contributed by atoms with Crippen LogP contribution < -0.4 is 0 Å². The maximum absolute atomic E-state index is 11.3. The Kier molecular flexibility index (Phi) is 3.32. The number of aliphatic hydroxyl groups is 1. The lowest BCUT2D eigenvalue weighted by Gasteiger charge is -2.60. The van der Waals surface area contributed by atoms with E-state index in [9.17, 15) is 5.11 Å². The summed E-state index contributed by atoms with van der Waals surface area (Å²) in [5, 5.41) is 11.3. The quantitative estimate of drug-likeness (QED) is 0.771. The molecule has 26 heavy (non-hydrogen) atoms. The average Bonchev–Trinajstić information content (AvgIpc) is 3.33. The molecule has 130 valence electrons. The van der Waals surface area contributed by atoms with Crippen LogP contribution in [0, 0.1) is 5.41 Å². The molecule has 0 amide bonds. The molecule has 3 aromatic rings. The molecular formula is C22H18O4. The molecule has 2 aliphatic heterocycles. The lowest BCUT2D eigenvalue weighted by molar-refractivity contribution is -0.377. The fraction of sp³-hybridized carbons (Fsp3) is 0.182. The summed E-state index contributed by atoms with van der Waals surface area (Å²) in [7, 11) is 0. The Hall–Kier alpha value is -2.82. The summed E-state index contributed by atoms with van der Waals surface area (Å²) in [5.41, 5.74) is 0.221. The molecule has 5 rings (SSSR count). The zero-order valence-electron chi connectivity index (χ0n) is 14.0. The molecule has 3 atom stereocenters. The highest BCUT2D eigenvalue weighted by molar-refractivity contribution is 5.47. The largest absolute Gasteiger partial charge is 0.472 e. The second kappa shape index (κ2) is 5.59. The van der Waals surface area contributed by atoms with Crippen LogP contribution in [-0.4, -0.2) is 11.4 Å². The van der Waals surface area contributed by atoms with E-state index in [-0.39, 0.29) is 0 Å². The molecule has 2 aliphatic rings. The number of ether oxygens (including phenoxy) is 2. The van der Waals surface area contributed by atoms with Crippen LogP contribution >= 0.6 is 0 Å². The number of hydrogen-bond acceptors (Lipinski definition) is 4. The first-order chi connectivity index (χ1) is 12.8. The molecule has 3 unspecified atom stereocenters. The van der Waals surface area contributed by atoms with E-state index < -0.39 is 23.4 Å². The lowest BCUT2D eigenvalue weighted by Crippen LogP contribution is -2.67. The van der Waals surface area contributed by atoms with Gasteiger partial charge in [0.05, 0.1) is 12.5 Å². The lowest BCUT2D eigenvalue weighted by atomic mass is 9.57. The van der Waals surface area contributed by atoms with Crippen LogP contribution in [0.15, 0.2) is 95.8 Å². The summed E-state index contributed by atoms with van der Waals surface area (Å²) >= 11 is 0. The predicted octanol–water partition coefficient (Wildman–Crippen LogP) is 4.14. The highest BCUT2D eigenvalue weighted by atomic mass is 16.7. The standard InChI is InChI=1S/C22H18O4/c23-19(18-12-7-14-24-18)21-13-15-25-20(21)26-22(21,16-8-3-1-4-9-16)17-10-5-2-6-11-17/h1-15,19-20,23H. The summed E-state index contributed by atoms with van der Waals surface area (Å²) in [6.45, 7) is 0. The Morgan fingerprint density at radius 3 is 2.04 bits per heavy atom. The normalized spacial score (nSPS) is 26.6. The monoisotopic (exact) mass is 346 g/mol. The molecular weight excluding hydrogens is 328 g/mol. The van der Waals surface area contributed by atoms with Gasteiger partial charge in [0, 0.05) is 0 Å². The van der Waals surface area contributed by atoms with Crippen LogP contribution in [0.5, 0.6) is 0 Å². The Morgan fingerprint density at radius 1 is 0.846 bits per heavy atom. The van der Waals surface area contributed by atoms with Crippen molar-refractivity contribution in [3.05, 3.63) is 108 Å². The molecule has 0 radical (unpaired) electrons. The minimum absolute atomic E-state index is 0.490. The Balaban J connectivity index is 1.76. The summed E-state index contributed by atoms with van der Waals surface area (Å²) < 4.78 is 17.6. The first kappa shape index (κ1) is 15.4. The van der Waals surface area contributed by atoms with Gasteiger partial charge in [0.15, 0.2) is 0 Å². The van der Waals surface area contributed by atoms with Crippen molar-refractivity contribution in [1.29, 1.82) is 0 Å². The fourth-order valence-electron chi connectivity index (χ4n) is 4.27. The van der Waals surface area contributed by atoms with Gasteiger partial charge in [-0.3, -0.25) is 0 Å².